The van der Waals surface area contributed by atoms with Gasteiger partial charge in [0.2, 0.25) is 5.91 Å². The highest BCUT2D eigenvalue weighted by Gasteiger charge is 2.29. The fourth-order valence-electron chi connectivity index (χ4n) is 1.90. The molecule has 1 aromatic carbocycles. The minimum atomic E-state index is -3.65. The molecule has 0 aliphatic carbocycles. The van der Waals surface area contributed by atoms with Crippen molar-refractivity contribution in [3.05, 3.63) is 53.4 Å². The molecule has 1 heterocycles. The average Bonchev–Trinajstić information content (AvgIpc) is 2.89. The number of nitrogens with one attached hydrogen (secondary N) is 1. The summed E-state index contributed by atoms with van der Waals surface area (Å²) in [4.78, 5) is 12.0. The number of sulfone groups is 1. The van der Waals surface area contributed by atoms with Crippen LogP contribution in [0.3, 0.4) is 0 Å². The molecule has 0 bridgehead atoms. The number of amides is 1. The third-order valence-electron chi connectivity index (χ3n) is 3.24. The van der Waals surface area contributed by atoms with Crippen LogP contribution in [0.25, 0.3) is 0 Å². The molecule has 0 spiro atoms. The first-order valence-corrected chi connectivity index (χ1v) is 8.55. The number of rotatable bonds is 6. The minimum Gasteiger partial charge on any atom is -0.360 e. The first kappa shape index (κ1) is 16.2. The molecule has 0 unspecified atom stereocenters. The van der Waals surface area contributed by atoms with Gasteiger partial charge in [-0.3, -0.25) is 4.79 Å². The third kappa shape index (κ3) is 4.17. The van der Waals surface area contributed by atoms with Crippen molar-refractivity contribution in [3.8, 4) is 0 Å². The SMILES string of the molecule is Cc1cc(CS(=O)(=O)[C@@H](C)C(=O)NCc2ccccc2)on1. The number of benzene rings is 1. The first-order valence-electron chi connectivity index (χ1n) is 6.84. The van der Waals surface area contributed by atoms with Gasteiger partial charge < -0.3 is 9.84 Å². The summed E-state index contributed by atoms with van der Waals surface area (Å²) >= 11 is 0. The minimum absolute atomic E-state index is 0.236. The highest BCUT2D eigenvalue weighted by molar-refractivity contribution is 7.92. The molecule has 6 nitrogen and oxygen atoms in total. The number of nitrogens with zero attached hydrogens (tertiary/aromatic N) is 1. The largest absolute Gasteiger partial charge is 0.360 e. The Morgan fingerprint density at radius 1 is 1.32 bits per heavy atom. The van der Waals surface area contributed by atoms with Gasteiger partial charge >= 0.3 is 0 Å². The number of aryl methyl sites for hydroxylation is 1. The highest BCUT2D eigenvalue weighted by atomic mass is 32.2. The van der Waals surface area contributed by atoms with E-state index in [1.807, 2.05) is 30.3 Å². The Kier molecular flexibility index (Phi) is 4.97. The predicted octanol–water partition coefficient (Wildman–Crippen LogP) is 1.60. The molecule has 0 saturated carbocycles. The molecule has 1 N–H and O–H groups in total. The maximum atomic E-state index is 12.2. The van der Waals surface area contributed by atoms with Gasteiger partial charge in [0.05, 0.1) is 5.69 Å². The van der Waals surface area contributed by atoms with Crippen molar-refractivity contribution in [3.63, 3.8) is 0 Å². The van der Waals surface area contributed by atoms with E-state index < -0.39 is 21.0 Å². The fourth-order valence-corrected chi connectivity index (χ4v) is 3.09. The van der Waals surface area contributed by atoms with E-state index in [2.05, 4.69) is 10.5 Å². The molecule has 0 radical (unpaired) electrons. The van der Waals surface area contributed by atoms with E-state index in [0.29, 0.717) is 12.2 Å². The van der Waals surface area contributed by atoms with Crippen LogP contribution in [0.1, 0.15) is 23.9 Å². The maximum absolute atomic E-state index is 12.2. The molecule has 0 fully saturated rings. The van der Waals surface area contributed by atoms with Crippen molar-refractivity contribution in [2.24, 2.45) is 0 Å². The van der Waals surface area contributed by atoms with E-state index in [-0.39, 0.29) is 11.5 Å². The molecular weight excluding hydrogens is 304 g/mol. The molecule has 2 aromatic rings. The lowest BCUT2D eigenvalue weighted by Crippen LogP contribution is -2.38. The van der Waals surface area contributed by atoms with Crippen molar-refractivity contribution in [2.75, 3.05) is 0 Å². The molecule has 1 atom stereocenters. The summed E-state index contributed by atoms with van der Waals surface area (Å²) in [7, 11) is -3.65. The average molecular weight is 322 g/mol. The molecule has 118 valence electrons. The van der Waals surface area contributed by atoms with Gasteiger partial charge in [-0.2, -0.15) is 0 Å². The summed E-state index contributed by atoms with van der Waals surface area (Å²) in [5.74, 6) is -0.631. The molecule has 0 aliphatic heterocycles. The predicted molar refractivity (Wildman–Crippen MR) is 81.6 cm³/mol. The molecule has 22 heavy (non-hydrogen) atoms. The zero-order valence-electron chi connectivity index (χ0n) is 12.4. The lowest BCUT2D eigenvalue weighted by molar-refractivity contribution is -0.120. The van der Waals surface area contributed by atoms with Crippen molar-refractivity contribution in [1.29, 1.82) is 0 Å². The fraction of sp³-hybridized carbons (Fsp3) is 0.333. The quantitative estimate of drug-likeness (QED) is 0.872. The van der Waals surface area contributed by atoms with E-state index in [0.717, 1.165) is 5.56 Å². The lowest BCUT2D eigenvalue weighted by atomic mass is 10.2. The second-order valence-electron chi connectivity index (χ2n) is 5.09. The summed E-state index contributed by atoms with van der Waals surface area (Å²) in [5, 5.41) is 5.12. The van der Waals surface area contributed by atoms with Gasteiger partial charge in [-0.05, 0) is 19.4 Å². The van der Waals surface area contributed by atoms with Gasteiger partial charge in [0.15, 0.2) is 15.6 Å². The highest BCUT2D eigenvalue weighted by Crippen LogP contribution is 2.12. The third-order valence-corrected chi connectivity index (χ3v) is 5.22. The molecule has 2 rings (SSSR count). The normalized spacial score (nSPS) is 12.8. The van der Waals surface area contributed by atoms with Gasteiger partial charge in [0, 0.05) is 12.6 Å². The molecular formula is C15H18N2O4S. The maximum Gasteiger partial charge on any atom is 0.238 e. The standard InChI is InChI=1S/C15H18N2O4S/c1-11-8-14(21-17-11)10-22(19,20)12(2)15(18)16-9-13-6-4-3-5-7-13/h3-8,12H,9-10H2,1-2H3,(H,16,18)/t12-/m0/s1. The number of aromatic nitrogens is 1. The Morgan fingerprint density at radius 2 is 2.00 bits per heavy atom. The van der Waals surface area contributed by atoms with Crippen molar-refractivity contribution >= 4 is 15.7 Å². The summed E-state index contributed by atoms with van der Waals surface area (Å²) in [6.07, 6.45) is 0. The van der Waals surface area contributed by atoms with E-state index >= 15 is 0 Å². The number of hydrogen-bond donors (Lipinski definition) is 1. The lowest BCUT2D eigenvalue weighted by Gasteiger charge is -2.12. The number of carbonyl (C=O) groups is 1. The Hall–Kier alpha value is -2.15. The van der Waals surface area contributed by atoms with Crippen molar-refractivity contribution < 1.29 is 17.7 Å². The topological polar surface area (TPSA) is 89.3 Å². The van der Waals surface area contributed by atoms with Crippen LogP contribution in [0, 0.1) is 6.92 Å². The molecule has 1 amide bonds. The summed E-state index contributed by atoms with van der Waals surface area (Å²) in [6, 6.07) is 10.8. The summed E-state index contributed by atoms with van der Waals surface area (Å²) < 4.78 is 29.3. The van der Waals surface area contributed by atoms with Gasteiger partial charge in [0.1, 0.15) is 11.0 Å². The molecule has 7 heteroatoms. The van der Waals surface area contributed by atoms with Crippen LogP contribution in [-0.2, 0) is 26.9 Å². The monoisotopic (exact) mass is 322 g/mol. The summed E-state index contributed by atoms with van der Waals surface area (Å²) in [5.41, 5.74) is 1.51. The smallest absolute Gasteiger partial charge is 0.238 e. The van der Waals surface area contributed by atoms with Crippen molar-refractivity contribution in [1.82, 2.24) is 10.5 Å². The molecule has 1 aromatic heterocycles. The zero-order chi connectivity index (χ0) is 16.2. The van der Waals surface area contributed by atoms with Gasteiger partial charge in [-0.25, -0.2) is 8.42 Å². The van der Waals surface area contributed by atoms with Crippen LogP contribution in [0.2, 0.25) is 0 Å². The van der Waals surface area contributed by atoms with Crippen LogP contribution in [0.5, 0.6) is 0 Å². The first-order chi connectivity index (χ1) is 10.4. The van der Waals surface area contributed by atoms with E-state index in [1.165, 1.54) is 6.92 Å². The van der Waals surface area contributed by atoms with Gasteiger partial charge in [0.25, 0.3) is 0 Å². The second-order valence-corrected chi connectivity index (χ2v) is 7.41. The Balaban J connectivity index is 1.96. The van der Waals surface area contributed by atoms with E-state index in [9.17, 15) is 13.2 Å². The van der Waals surface area contributed by atoms with Crippen LogP contribution >= 0.6 is 0 Å². The van der Waals surface area contributed by atoms with Crippen LogP contribution < -0.4 is 5.32 Å². The Morgan fingerprint density at radius 3 is 2.59 bits per heavy atom. The Labute approximate surface area is 129 Å². The van der Waals surface area contributed by atoms with Crippen LogP contribution in [0.4, 0.5) is 0 Å². The molecule has 0 saturated heterocycles. The Bertz CT molecular complexity index is 738. The summed E-state index contributed by atoms with van der Waals surface area (Å²) in [6.45, 7) is 3.37. The van der Waals surface area contributed by atoms with Crippen LogP contribution in [0.15, 0.2) is 40.9 Å². The zero-order valence-corrected chi connectivity index (χ0v) is 13.3. The van der Waals surface area contributed by atoms with Crippen molar-refractivity contribution in [2.45, 2.75) is 31.4 Å². The van der Waals surface area contributed by atoms with Crippen LogP contribution in [-0.4, -0.2) is 24.7 Å². The van der Waals surface area contributed by atoms with Gasteiger partial charge in [-0.15, -0.1) is 0 Å². The number of carbonyl (C=O) groups excluding carboxylic acids is 1. The van der Waals surface area contributed by atoms with E-state index in [4.69, 9.17) is 4.52 Å². The second kappa shape index (κ2) is 6.74. The molecule has 0 aliphatic rings. The van der Waals surface area contributed by atoms with Gasteiger partial charge in [-0.1, -0.05) is 35.5 Å². The van der Waals surface area contributed by atoms with E-state index in [1.54, 1.807) is 13.0 Å². The number of hydrogen-bond acceptors (Lipinski definition) is 5.